The predicted molar refractivity (Wildman–Crippen MR) is 110 cm³/mol. The minimum Gasteiger partial charge on any atom is -0.497 e. The largest absolute Gasteiger partial charge is 0.497 e. The lowest BCUT2D eigenvalue weighted by Gasteiger charge is -2.31. The average Bonchev–Trinajstić information content (AvgIpc) is 2.67. The number of nitrogens with zero attached hydrogens (tertiary/aromatic N) is 1. The number of anilines is 1. The van der Waals surface area contributed by atoms with E-state index in [1.165, 1.54) is 0 Å². The van der Waals surface area contributed by atoms with Gasteiger partial charge in [-0.3, -0.25) is 4.79 Å². The van der Waals surface area contributed by atoms with Crippen LogP contribution in [0.15, 0.2) is 53.5 Å². The third-order valence-corrected chi connectivity index (χ3v) is 4.62. The molecule has 3 rings (SSSR count). The number of ether oxygens (including phenoxy) is 2. The van der Waals surface area contributed by atoms with Crippen LogP contribution in [0.3, 0.4) is 0 Å². The Balaban J connectivity index is 1.91. The molecule has 2 unspecified atom stereocenters. The Bertz CT molecular complexity index is 898. The Hall–Kier alpha value is -2.93. The van der Waals surface area contributed by atoms with E-state index >= 15 is 0 Å². The predicted octanol–water partition coefficient (Wildman–Crippen LogP) is 3.35. The number of rotatable bonds is 5. The molecule has 0 fully saturated rings. The summed E-state index contributed by atoms with van der Waals surface area (Å²) in [6, 6.07) is 14.5. The maximum absolute atomic E-state index is 13.1. The van der Waals surface area contributed by atoms with Crippen LogP contribution in [0.2, 0.25) is 0 Å². The van der Waals surface area contributed by atoms with Gasteiger partial charge >= 0.3 is 0 Å². The second-order valence-electron chi connectivity index (χ2n) is 6.16. The standard InChI is InChI=1S/C20H21N3O3S/c1-12-17(19(24)22-14-7-5-9-16(11-14)26-3)18(23-20(27)21-12)13-6-4-8-15(10-13)25-2/h4-11,17-18H,1-3H3,(H,22,24)(H,23,27). The molecule has 1 heterocycles. The molecule has 140 valence electrons. The van der Waals surface area contributed by atoms with Gasteiger partial charge in [0.25, 0.3) is 0 Å². The molecule has 2 N–H and O–H groups in total. The lowest BCUT2D eigenvalue weighted by molar-refractivity contribution is -0.118. The molecule has 6 nitrogen and oxygen atoms in total. The molecule has 0 aliphatic carbocycles. The molecule has 0 aromatic heterocycles. The minimum atomic E-state index is -0.519. The molecular weight excluding hydrogens is 362 g/mol. The van der Waals surface area contributed by atoms with Crippen molar-refractivity contribution >= 4 is 34.6 Å². The lowest BCUT2D eigenvalue weighted by Crippen LogP contribution is -2.45. The number of nitrogens with one attached hydrogen (secondary N) is 2. The van der Waals surface area contributed by atoms with Gasteiger partial charge in [-0.05, 0) is 49.0 Å². The van der Waals surface area contributed by atoms with Gasteiger partial charge < -0.3 is 20.1 Å². The maximum atomic E-state index is 13.1. The van der Waals surface area contributed by atoms with Crippen LogP contribution < -0.4 is 20.1 Å². The molecular formula is C20H21N3O3S. The minimum absolute atomic E-state index is 0.174. The van der Waals surface area contributed by atoms with Gasteiger partial charge in [0, 0.05) is 17.5 Å². The first-order valence-electron chi connectivity index (χ1n) is 8.46. The van der Waals surface area contributed by atoms with E-state index in [0.717, 1.165) is 5.56 Å². The first kappa shape index (κ1) is 18.8. The summed E-state index contributed by atoms with van der Waals surface area (Å²) in [5.41, 5.74) is 2.22. The van der Waals surface area contributed by atoms with Crippen LogP contribution in [0.25, 0.3) is 0 Å². The molecule has 2 aromatic rings. The van der Waals surface area contributed by atoms with Gasteiger partial charge in [0.15, 0.2) is 5.11 Å². The summed E-state index contributed by atoms with van der Waals surface area (Å²) in [4.78, 5) is 17.4. The molecule has 2 atom stereocenters. The van der Waals surface area contributed by atoms with Crippen molar-refractivity contribution in [2.45, 2.75) is 13.0 Å². The van der Waals surface area contributed by atoms with Crippen molar-refractivity contribution in [3.8, 4) is 11.5 Å². The van der Waals surface area contributed by atoms with E-state index in [-0.39, 0.29) is 11.9 Å². The van der Waals surface area contributed by atoms with E-state index in [9.17, 15) is 4.79 Å². The van der Waals surface area contributed by atoms with Crippen molar-refractivity contribution in [2.75, 3.05) is 19.5 Å². The number of aliphatic imine (C=N–C) groups is 1. The number of amides is 1. The quantitative estimate of drug-likeness (QED) is 0.775. The van der Waals surface area contributed by atoms with Gasteiger partial charge in [0.05, 0.1) is 20.3 Å². The van der Waals surface area contributed by atoms with Gasteiger partial charge in [-0.25, -0.2) is 4.99 Å². The summed E-state index contributed by atoms with van der Waals surface area (Å²) in [7, 11) is 3.19. The molecule has 0 spiro atoms. The molecule has 7 heteroatoms. The van der Waals surface area contributed by atoms with Crippen LogP contribution in [0.4, 0.5) is 5.69 Å². The average molecular weight is 383 g/mol. The molecule has 27 heavy (non-hydrogen) atoms. The van der Waals surface area contributed by atoms with Crippen LogP contribution in [0.1, 0.15) is 18.5 Å². The molecule has 2 aromatic carbocycles. The number of carbonyl (C=O) groups is 1. The van der Waals surface area contributed by atoms with E-state index < -0.39 is 5.92 Å². The number of thiocarbonyl (C=S) groups is 1. The highest BCUT2D eigenvalue weighted by Crippen LogP contribution is 2.30. The molecule has 1 aliphatic rings. The fourth-order valence-electron chi connectivity index (χ4n) is 3.09. The van der Waals surface area contributed by atoms with Gasteiger partial charge in [-0.15, -0.1) is 0 Å². The Morgan fingerprint density at radius 3 is 2.48 bits per heavy atom. The van der Waals surface area contributed by atoms with Crippen LogP contribution in [-0.4, -0.2) is 31.0 Å². The van der Waals surface area contributed by atoms with Crippen molar-refractivity contribution < 1.29 is 14.3 Å². The Morgan fingerprint density at radius 2 is 1.78 bits per heavy atom. The van der Waals surface area contributed by atoms with Crippen molar-refractivity contribution in [1.82, 2.24) is 5.32 Å². The maximum Gasteiger partial charge on any atom is 0.235 e. The molecule has 1 aliphatic heterocycles. The zero-order chi connectivity index (χ0) is 19.4. The van der Waals surface area contributed by atoms with Crippen molar-refractivity contribution in [3.63, 3.8) is 0 Å². The summed E-state index contributed by atoms with van der Waals surface area (Å²) >= 11 is 5.24. The summed E-state index contributed by atoms with van der Waals surface area (Å²) < 4.78 is 10.5. The summed E-state index contributed by atoms with van der Waals surface area (Å²) in [6.45, 7) is 1.82. The molecule has 0 saturated heterocycles. The SMILES string of the molecule is COc1cccc(NC(=O)C2C(C)=NC(=S)NC2c2cccc(OC)c2)c1. The highest BCUT2D eigenvalue weighted by atomic mass is 32.1. The number of methoxy groups -OCH3 is 2. The highest BCUT2D eigenvalue weighted by molar-refractivity contribution is 7.80. The first-order chi connectivity index (χ1) is 13.0. The van der Waals surface area contributed by atoms with E-state index in [2.05, 4.69) is 15.6 Å². The fourth-order valence-corrected chi connectivity index (χ4v) is 3.36. The van der Waals surface area contributed by atoms with Crippen molar-refractivity contribution in [2.24, 2.45) is 10.9 Å². The van der Waals surface area contributed by atoms with Gasteiger partial charge in [-0.2, -0.15) is 0 Å². The molecule has 0 saturated carbocycles. The third-order valence-electron chi connectivity index (χ3n) is 4.41. The monoisotopic (exact) mass is 383 g/mol. The zero-order valence-electron chi connectivity index (χ0n) is 15.4. The second-order valence-corrected chi connectivity index (χ2v) is 6.54. The lowest BCUT2D eigenvalue weighted by atomic mass is 9.87. The van der Waals surface area contributed by atoms with Gasteiger partial charge in [-0.1, -0.05) is 18.2 Å². The van der Waals surface area contributed by atoms with E-state index in [0.29, 0.717) is 28.0 Å². The summed E-state index contributed by atoms with van der Waals surface area (Å²) in [5, 5.41) is 6.47. The number of hydrogen-bond donors (Lipinski definition) is 2. The van der Waals surface area contributed by atoms with Crippen LogP contribution in [0.5, 0.6) is 11.5 Å². The van der Waals surface area contributed by atoms with Gasteiger partial charge in [0.2, 0.25) is 5.91 Å². The third kappa shape index (κ3) is 4.25. The Morgan fingerprint density at radius 1 is 1.11 bits per heavy atom. The van der Waals surface area contributed by atoms with Crippen molar-refractivity contribution in [3.05, 3.63) is 54.1 Å². The van der Waals surface area contributed by atoms with Crippen LogP contribution >= 0.6 is 12.2 Å². The number of hydrogen-bond acceptors (Lipinski definition) is 4. The first-order valence-corrected chi connectivity index (χ1v) is 8.87. The number of carbonyl (C=O) groups excluding carboxylic acids is 1. The molecule has 0 radical (unpaired) electrons. The Kier molecular flexibility index (Phi) is 5.71. The molecule has 0 bridgehead atoms. The van der Waals surface area contributed by atoms with E-state index in [1.54, 1.807) is 20.3 Å². The zero-order valence-corrected chi connectivity index (χ0v) is 16.2. The van der Waals surface area contributed by atoms with Crippen LogP contribution in [0, 0.1) is 5.92 Å². The van der Waals surface area contributed by atoms with E-state index in [1.807, 2.05) is 49.4 Å². The van der Waals surface area contributed by atoms with Crippen molar-refractivity contribution in [1.29, 1.82) is 0 Å². The highest BCUT2D eigenvalue weighted by Gasteiger charge is 2.36. The normalized spacial score (nSPS) is 18.9. The summed E-state index contributed by atoms with van der Waals surface area (Å²) in [5.74, 6) is 0.695. The van der Waals surface area contributed by atoms with Crippen LogP contribution in [-0.2, 0) is 4.79 Å². The fraction of sp³-hybridized carbons (Fsp3) is 0.250. The van der Waals surface area contributed by atoms with Gasteiger partial charge in [0.1, 0.15) is 17.4 Å². The smallest absolute Gasteiger partial charge is 0.235 e. The Labute approximate surface area is 163 Å². The summed E-state index contributed by atoms with van der Waals surface area (Å²) in [6.07, 6.45) is 0. The number of benzene rings is 2. The molecule has 1 amide bonds. The second kappa shape index (κ2) is 8.18. The van der Waals surface area contributed by atoms with E-state index in [4.69, 9.17) is 21.7 Å². The topological polar surface area (TPSA) is 72.0 Å².